The molecule has 1 aliphatic carbocycles. The topological polar surface area (TPSA) is 41.1 Å². The van der Waals surface area contributed by atoms with E-state index >= 15 is 0 Å². The summed E-state index contributed by atoms with van der Waals surface area (Å²) >= 11 is 0. The number of rotatable bonds is 5. The largest absolute Gasteiger partial charge is 0.350 e. The van der Waals surface area contributed by atoms with Crippen LogP contribution in [0.5, 0.6) is 0 Å². The first-order chi connectivity index (χ1) is 9.65. The van der Waals surface area contributed by atoms with Crippen molar-refractivity contribution < 1.29 is 4.79 Å². The third-order valence-electron chi connectivity index (χ3n) is 4.52. The molecule has 3 nitrogen and oxygen atoms in total. The lowest BCUT2D eigenvalue weighted by Crippen LogP contribution is -2.48. The van der Waals surface area contributed by atoms with Gasteiger partial charge >= 0.3 is 0 Å². The van der Waals surface area contributed by atoms with Crippen molar-refractivity contribution in [1.82, 2.24) is 10.6 Å². The fraction of sp³-hybridized carbons (Fsp3) is 0.588. The molecule has 1 aliphatic rings. The Morgan fingerprint density at radius 1 is 1.20 bits per heavy atom. The molecule has 1 amide bonds. The van der Waals surface area contributed by atoms with Gasteiger partial charge in [0.1, 0.15) is 0 Å². The second kappa shape index (κ2) is 6.89. The summed E-state index contributed by atoms with van der Waals surface area (Å²) in [5.74, 6) is 0.151. The summed E-state index contributed by atoms with van der Waals surface area (Å²) in [7, 11) is 1.99. The summed E-state index contributed by atoms with van der Waals surface area (Å²) in [6.45, 7) is 2.04. The maximum atomic E-state index is 12.3. The van der Waals surface area contributed by atoms with E-state index in [4.69, 9.17) is 0 Å². The Labute approximate surface area is 122 Å². The predicted octanol–water partition coefficient (Wildman–Crippen LogP) is 3.18. The Balaban J connectivity index is 1.91. The highest BCUT2D eigenvalue weighted by Crippen LogP contribution is 2.30. The predicted molar refractivity (Wildman–Crippen MR) is 82.5 cm³/mol. The number of benzene rings is 1. The zero-order valence-corrected chi connectivity index (χ0v) is 12.6. The van der Waals surface area contributed by atoms with Gasteiger partial charge < -0.3 is 10.6 Å². The maximum Gasteiger partial charge on any atom is 0.222 e. The summed E-state index contributed by atoms with van der Waals surface area (Å²) in [4.78, 5) is 12.3. The number of amides is 1. The Bertz CT molecular complexity index is 424. The molecule has 0 aliphatic heterocycles. The van der Waals surface area contributed by atoms with E-state index in [1.165, 1.54) is 19.3 Å². The Hall–Kier alpha value is -1.35. The molecule has 1 aromatic carbocycles. The normalized spacial score (nSPS) is 19.3. The van der Waals surface area contributed by atoms with Gasteiger partial charge in [-0.1, -0.05) is 49.6 Å². The first-order valence-corrected chi connectivity index (χ1v) is 7.68. The van der Waals surface area contributed by atoms with Crippen molar-refractivity contribution in [3.63, 3.8) is 0 Å². The van der Waals surface area contributed by atoms with Gasteiger partial charge in [0.2, 0.25) is 5.91 Å². The van der Waals surface area contributed by atoms with Gasteiger partial charge in [-0.15, -0.1) is 0 Å². The van der Waals surface area contributed by atoms with Crippen LogP contribution >= 0.6 is 0 Å². The van der Waals surface area contributed by atoms with Crippen LogP contribution in [-0.2, 0) is 4.79 Å². The highest BCUT2D eigenvalue weighted by Gasteiger charge is 2.32. The highest BCUT2D eigenvalue weighted by atomic mass is 16.1. The molecule has 3 heteroatoms. The zero-order chi connectivity index (χ0) is 14.4. The van der Waals surface area contributed by atoms with E-state index < -0.39 is 0 Å². The highest BCUT2D eigenvalue weighted by molar-refractivity contribution is 5.77. The van der Waals surface area contributed by atoms with Crippen LogP contribution in [0, 0.1) is 0 Å². The Morgan fingerprint density at radius 3 is 2.45 bits per heavy atom. The van der Waals surface area contributed by atoms with E-state index in [9.17, 15) is 4.79 Å². The zero-order valence-electron chi connectivity index (χ0n) is 12.6. The van der Waals surface area contributed by atoms with Crippen molar-refractivity contribution in [2.75, 3.05) is 7.05 Å². The fourth-order valence-corrected chi connectivity index (χ4v) is 3.17. The monoisotopic (exact) mass is 274 g/mol. The SMILES string of the molecule is CNC1(CC(=O)NC(C)c2ccccc2)CCCCC1. The van der Waals surface area contributed by atoms with Crippen LogP contribution < -0.4 is 10.6 Å². The third-order valence-corrected chi connectivity index (χ3v) is 4.52. The molecule has 1 fully saturated rings. The van der Waals surface area contributed by atoms with Crippen molar-refractivity contribution >= 4 is 5.91 Å². The molecule has 0 radical (unpaired) electrons. The molecule has 0 saturated heterocycles. The summed E-state index contributed by atoms with van der Waals surface area (Å²) in [5, 5.41) is 6.52. The molecular formula is C17H26N2O. The fourth-order valence-electron chi connectivity index (χ4n) is 3.17. The number of hydrogen-bond acceptors (Lipinski definition) is 2. The molecule has 0 heterocycles. The van der Waals surface area contributed by atoms with Crippen molar-refractivity contribution in [2.24, 2.45) is 0 Å². The number of nitrogens with one attached hydrogen (secondary N) is 2. The van der Waals surface area contributed by atoms with Crippen LogP contribution in [0.25, 0.3) is 0 Å². The van der Waals surface area contributed by atoms with Gasteiger partial charge in [-0.05, 0) is 32.4 Å². The second-order valence-electron chi connectivity index (χ2n) is 5.97. The summed E-state index contributed by atoms with van der Waals surface area (Å²) in [6.07, 6.45) is 6.55. The molecule has 2 rings (SSSR count). The van der Waals surface area contributed by atoms with E-state index in [0.717, 1.165) is 18.4 Å². The van der Waals surface area contributed by atoms with E-state index in [1.807, 2.05) is 32.2 Å². The molecule has 0 spiro atoms. The third kappa shape index (κ3) is 3.83. The van der Waals surface area contributed by atoms with Crippen LogP contribution in [0.4, 0.5) is 0 Å². The lowest BCUT2D eigenvalue weighted by molar-refractivity contribution is -0.123. The van der Waals surface area contributed by atoms with Crippen molar-refractivity contribution in [3.8, 4) is 0 Å². The molecule has 20 heavy (non-hydrogen) atoms. The second-order valence-corrected chi connectivity index (χ2v) is 5.97. The van der Waals surface area contributed by atoms with Crippen LogP contribution in [0.1, 0.15) is 57.1 Å². The number of hydrogen-bond donors (Lipinski definition) is 2. The summed E-state index contributed by atoms with van der Waals surface area (Å²) < 4.78 is 0. The smallest absolute Gasteiger partial charge is 0.222 e. The lowest BCUT2D eigenvalue weighted by Gasteiger charge is -2.37. The molecular weight excluding hydrogens is 248 g/mol. The average Bonchev–Trinajstić information content (AvgIpc) is 2.49. The quantitative estimate of drug-likeness (QED) is 0.866. The van der Waals surface area contributed by atoms with E-state index in [-0.39, 0.29) is 17.5 Å². The average molecular weight is 274 g/mol. The minimum absolute atomic E-state index is 0.0126. The van der Waals surface area contributed by atoms with Crippen LogP contribution in [0.15, 0.2) is 30.3 Å². The molecule has 1 atom stereocenters. The standard InChI is InChI=1S/C17H26N2O/c1-14(15-9-5-3-6-10-15)19-16(20)13-17(18-2)11-7-4-8-12-17/h3,5-6,9-10,14,18H,4,7-8,11-13H2,1-2H3,(H,19,20). The number of carbonyl (C=O) groups excluding carboxylic acids is 1. The number of carbonyl (C=O) groups is 1. The maximum absolute atomic E-state index is 12.3. The van der Waals surface area contributed by atoms with Crippen LogP contribution in [-0.4, -0.2) is 18.5 Å². The summed E-state index contributed by atoms with van der Waals surface area (Å²) in [5.41, 5.74) is 1.17. The minimum atomic E-state index is 0.0126. The molecule has 1 aromatic rings. The van der Waals surface area contributed by atoms with Crippen molar-refractivity contribution in [3.05, 3.63) is 35.9 Å². The molecule has 1 unspecified atom stereocenters. The van der Waals surface area contributed by atoms with Gasteiger partial charge in [-0.25, -0.2) is 0 Å². The van der Waals surface area contributed by atoms with Crippen molar-refractivity contribution in [2.45, 2.75) is 57.0 Å². The lowest BCUT2D eigenvalue weighted by atomic mass is 9.79. The first kappa shape index (κ1) is 15.0. The van der Waals surface area contributed by atoms with Gasteiger partial charge in [0.05, 0.1) is 6.04 Å². The van der Waals surface area contributed by atoms with Gasteiger partial charge in [0.15, 0.2) is 0 Å². The van der Waals surface area contributed by atoms with Gasteiger partial charge in [0, 0.05) is 12.0 Å². The molecule has 1 saturated carbocycles. The molecule has 2 N–H and O–H groups in total. The van der Waals surface area contributed by atoms with E-state index in [2.05, 4.69) is 22.8 Å². The Morgan fingerprint density at radius 2 is 1.85 bits per heavy atom. The molecule has 0 aromatic heterocycles. The van der Waals surface area contributed by atoms with Crippen molar-refractivity contribution in [1.29, 1.82) is 0 Å². The summed E-state index contributed by atoms with van der Waals surface area (Å²) in [6, 6.07) is 10.2. The van der Waals surface area contributed by atoms with E-state index in [0.29, 0.717) is 6.42 Å². The Kier molecular flexibility index (Phi) is 5.18. The molecule has 0 bridgehead atoms. The van der Waals surface area contributed by atoms with Gasteiger partial charge in [-0.2, -0.15) is 0 Å². The van der Waals surface area contributed by atoms with Gasteiger partial charge in [-0.3, -0.25) is 4.79 Å². The van der Waals surface area contributed by atoms with E-state index in [1.54, 1.807) is 0 Å². The minimum Gasteiger partial charge on any atom is -0.350 e. The first-order valence-electron chi connectivity index (χ1n) is 7.68. The van der Waals surface area contributed by atoms with Gasteiger partial charge in [0.25, 0.3) is 0 Å². The molecule has 110 valence electrons. The van der Waals surface area contributed by atoms with Crippen LogP contribution in [0.3, 0.4) is 0 Å². The van der Waals surface area contributed by atoms with Crippen LogP contribution in [0.2, 0.25) is 0 Å².